The standard InChI is InChI=1S/C19H14F6N2O2/c1-26-13-5-6-14-11(8-13)9-15(29-14)17(28)27-16(19(23,24)25)10-3-2-4-12(7-10)18(20,21)22/h2-9,16,26H,1H3,(H,27,28). The quantitative estimate of drug-likeness (QED) is 0.550. The number of nitrogens with one attached hydrogen (secondary N) is 2. The Balaban J connectivity index is 1.92. The third-order valence-corrected chi connectivity index (χ3v) is 4.18. The van der Waals surface area contributed by atoms with Crippen molar-refractivity contribution in [1.82, 2.24) is 5.32 Å². The summed E-state index contributed by atoms with van der Waals surface area (Å²) in [4.78, 5) is 12.3. The van der Waals surface area contributed by atoms with Crippen molar-refractivity contribution in [3.8, 4) is 0 Å². The van der Waals surface area contributed by atoms with Crippen molar-refractivity contribution < 1.29 is 35.6 Å². The first-order valence-corrected chi connectivity index (χ1v) is 8.25. The number of hydrogen-bond acceptors (Lipinski definition) is 3. The molecule has 1 aromatic heterocycles. The summed E-state index contributed by atoms with van der Waals surface area (Å²) in [6, 6.07) is 6.15. The fourth-order valence-corrected chi connectivity index (χ4v) is 2.76. The highest BCUT2D eigenvalue weighted by molar-refractivity contribution is 5.97. The topological polar surface area (TPSA) is 54.3 Å². The Bertz CT molecular complexity index is 1040. The molecule has 0 fully saturated rings. The lowest BCUT2D eigenvalue weighted by Gasteiger charge is -2.22. The van der Waals surface area contributed by atoms with E-state index in [2.05, 4.69) is 5.32 Å². The van der Waals surface area contributed by atoms with Crippen molar-refractivity contribution >= 4 is 22.6 Å². The minimum atomic E-state index is -5.02. The fourth-order valence-electron chi connectivity index (χ4n) is 2.76. The van der Waals surface area contributed by atoms with Crippen LogP contribution in [0.3, 0.4) is 0 Å². The summed E-state index contributed by atoms with van der Waals surface area (Å²) in [7, 11) is 1.66. The number of furan rings is 1. The highest BCUT2D eigenvalue weighted by Gasteiger charge is 2.43. The van der Waals surface area contributed by atoms with E-state index in [1.54, 1.807) is 24.5 Å². The molecule has 0 aliphatic carbocycles. The highest BCUT2D eigenvalue weighted by atomic mass is 19.4. The minimum Gasteiger partial charge on any atom is -0.451 e. The molecule has 3 aromatic rings. The molecule has 10 heteroatoms. The van der Waals surface area contributed by atoms with Gasteiger partial charge >= 0.3 is 12.4 Å². The molecule has 0 saturated carbocycles. The smallest absolute Gasteiger partial charge is 0.416 e. The van der Waals surface area contributed by atoms with Crippen LogP contribution in [-0.4, -0.2) is 19.1 Å². The van der Waals surface area contributed by atoms with Crippen molar-refractivity contribution in [3.63, 3.8) is 0 Å². The summed E-state index contributed by atoms with van der Waals surface area (Å²) >= 11 is 0. The molecule has 1 heterocycles. The number of alkyl halides is 6. The Kier molecular flexibility index (Phi) is 5.20. The van der Waals surface area contributed by atoms with Crippen LogP contribution >= 0.6 is 0 Å². The second-order valence-corrected chi connectivity index (χ2v) is 6.18. The van der Waals surface area contributed by atoms with Crippen molar-refractivity contribution in [2.45, 2.75) is 18.4 Å². The van der Waals surface area contributed by atoms with E-state index in [1.807, 2.05) is 0 Å². The Morgan fingerprint density at radius 3 is 2.34 bits per heavy atom. The number of anilines is 1. The van der Waals surface area contributed by atoms with Gasteiger partial charge < -0.3 is 15.1 Å². The fraction of sp³-hybridized carbons (Fsp3) is 0.211. The number of rotatable bonds is 4. The van der Waals surface area contributed by atoms with Crippen molar-refractivity contribution in [3.05, 3.63) is 65.4 Å². The molecular weight excluding hydrogens is 402 g/mol. The van der Waals surface area contributed by atoms with Gasteiger partial charge in [-0.2, -0.15) is 26.3 Å². The molecule has 0 aliphatic rings. The van der Waals surface area contributed by atoms with Gasteiger partial charge in [-0.05, 0) is 42.0 Å². The second kappa shape index (κ2) is 7.34. The average Bonchev–Trinajstić information content (AvgIpc) is 3.07. The van der Waals surface area contributed by atoms with E-state index in [0.717, 1.165) is 12.1 Å². The minimum absolute atomic E-state index is 0.275. The number of carbonyl (C=O) groups is 1. The average molecular weight is 416 g/mol. The molecule has 4 nitrogen and oxygen atoms in total. The van der Waals surface area contributed by atoms with Crippen LogP contribution in [0.1, 0.15) is 27.7 Å². The third kappa shape index (κ3) is 4.47. The lowest BCUT2D eigenvalue weighted by Crippen LogP contribution is -2.38. The summed E-state index contributed by atoms with van der Waals surface area (Å²) in [5.41, 5.74) is -1.02. The molecule has 1 unspecified atom stereocenters. The van der Waals surface area contributed by atoms with Gasteiger partial charge in [0.2, 0.25) is 0 Å². The summed E-state index contributed by atoms with van der Waals surface area (Å²) in [5.74, 6) is -1.60. The van der Waals surface area contributed by atoms with Gasteiger partial charge in [-0.15, -0.1) is 0 Å². The molecule has 1 amide bonds. The zero-order valence-corrected chi connectivity index (χ0v) is 14.8. The first-order valence-electron chi connectivity index (χ1n) is 8.25. The summed E-state index contributed by atoms with van der Waals surface area (Å²) in [5, 5.41) is 5.06. The van der Waals surface area contributed by atoms with Crippen molar-refractivity contribution in [1.29, 1.82) is 0 Å². The Labute approximate surface area is 160 Å². The SMILES string of the molecule is CNc1ccc2oc(C(=O)NC(c3cccc(C(F)(F)F)c3)C(F)(F)F)cc2c1. The molecule has 0 bridgehead atoms. The van der Waals surface area contributed by atoms with Crippen LogP contribution in [0.4, 0.5) is 32.0 Å². The van der Waals surface area contributed by atoms with Gasteiger partial charge in [-0.1, -0.05) is 12.1 Å². The van der Waals surface area contributed by atoms with E-state index in [1.165, 1.54) is 12.1 Å². The zero-order valence-electron chi connectivity index (χ0n) is 14.8. The van der Waals surface area contributed by atoms with Gasteiger partial charge in [0.05, 0.1) is 5.56 Å². The van der Waals surface area contributed by atoms with E-state index < -0.39 is 41.2 Å². The van der Waals surface area contributed by atoms with Crippen LogP contribution in [0.2, 0.25) is 0 Å². The van der Waals surface area contributed by atoms with Crippen LogP contribution < -0.4 is 10.6 Å². The maximum Gasteiger partial charge on any atom is 0.416 e. The highest BCUT2D eigenvalue weighted by Crippen LogP contribution is 2.36. The van der Waals surface area contributed by atoms with E-state index in [4.69, 9.17) is 4.42 Å². The Morgan fingerprint density at radius 2 is 1.72 bits per heavy atom. The number of carbonyl (C=O) groups excluding carboxylic acids is 1. The Hall–Kier alpha value is -3.17. The maximum atomic E-state index is 13.5. The first kappa shape index (κ1) is 20.6. The lowest BCUT2D eigenvalue weighted by atomic mass is 10.0. The number of halogens is 6. The number of hydrogen-bond donors (Lipinski definition) is 2. The van der Waals surface area contributed by atoms with Crippen molar-refractivity contribution in [2.75, 3.05) is 12.4 Å². The van der Waals surface area contributed by atoms with Crippen LogP contribution in [-0.2, 0) is 6.18 Å². The zero-order chi connectivity index (χ0) is 21.4. The number of benzene rings is 2. The van der Waals surface area contributed by atoms with E-state index in [-0.39, 0.29) is 5.58 Å². The second-order valence-electron chi connectivity index (χ2n) is 6.18. The predicted molar refractivity (Wildman–Crippen MR) is 93.5 cm³/mol. The lowest BCUT2D eigenvalue weighted by molar-refractivity contribution is -0.156. The molecule has 0 aliphatic heterocycles. The van der Waals surface area contributed by atoms with E-state index in [9.17, 15) is 31.1 Å². The monoisotopic (exact) mass is 416 g/mol. The largest absolute Gasteiger partial charge is 0.451 e. The molecule has 0 saturated heterocycles. The van der Waals surface area contributed by atoms with Crippen LogP contribution in [0, 0.1) is 0 Å². The molecule has 0 radical (unpaired) electrons. The molecule has 2 aromatic carbocycles. The van der Waals surface area contributed by atoms with Crippen LogP contribution in [0.5, 0.6) is 0 Å². The van der Waals surface area contributed by atoms with Gasteiger partial charge in [0.25, 0.3) is 5.91 Å². The third-order valence-electron chi connectivity index (χ3n) is 4.18. The van der Waals surface area contributed by atoms with E-state index >= 15 is 0 Å². The molecule has 3 rings (SSSR count). The molecule has 29 heavy (non-hydrogen) atoms. The maximum absolute atomic E-state index is 13.5. The molecule has 0 spiro atoms. The molecular formula is C19H14F6N2O2. The van der Waals surface area contributed by atoms with Gasteiger partial charge in [-0.25, -0.2) is 0 Å². The normalized spacial score (nSPS) is 13.3. The summed E-state index contributed by atoms with van der Waals surface area (Å²) in [6.45, 7) is 0. The van der Waals surface area contributed by atoms with Crippen molar-refractivity contribution in [2.24, 2.45) is 0 Å². The number of fused-ring (bicyclic) bond motifs is 1. The van der Waals surface area contributed by atoms with E-state index in [0.29, 0.717) is 23.2 Å². The van der Waals surface area contributed by atoms with Crippen LogP contribution in [0.25, 0.3) is 11.0 Å². The van der Waals surface area contributed by atoms with Gasteiger partial charge in [0, 0.05) is 18.1 Å². The molecule has 1 atom stereocenters. The van der Waals surface area contributed by atoms with Gasteiger partial charge in [0.1, 0.15) is 5.58 Å². The summed E-state index contributed by atoms with van der Waals surface area (Å²) < 4.78 is 84.2. The predicted octanol–water partition coefficient (Wildman–Crippen LogP) is 5.53. The Morgan fingerprint density at radius 1 is 1.00 bits per heavy atom. The van der Waals surface area contributed by atoms with Gasteiger partial charge in [-0.3, -0.25) is 4.79 Å². The van der Waals surface area contributed by atoms with Gasteiger partial charge in [0.15, 0.2) is 11.8 Å². The van der Waals surface area contributed by atoms with Crippen LogP contribution in [0.15, 0.2) is 52.9 Å². The number of amides is 1. The molecule has 2 N–H and O–H groups in total. The molecule has 154 valence electrons. The summed E-state index contributed by atoms with van der Waals surface area (Å²) in [6.07, 6.45) is -9.84. The first-order chi connectivity index (χ1) is 13.5.